The van der Waals surface area contributed by atoms with Crippen molar-refractivity contribution in [1.82, 2.24) is 19.9 Å². The predicted octanol–water partition coefficient (Wildman–Crippen LogP) is 4.30. The minimum Gasteiger partial charge on any atom is -0.476 e. The van der Waals surface area contributed by atoms with E-state index in [0.717, 1.165) is 5.56 Å². The third kappa shape index (κ3) is 4.17. The molecule has 1 aromatic carbocycles. The van der Waals surface area contributed by atoms with Gasteiger partial charge < -0.3 is 9.64 Å². The Labute approximate surface area is 174 Å². The Hall–Kier alpha value is -2.73. The zero-order valence-electron chi connectivity index (χ0n) is 16.5. The number of fused-ring (bicyclic) bond motifs is 1. The molecule has 6 nitrogen and oxygen atoms in total. The Morgan fingerprint density at radius 3 is 2.79 bits per heavy atom. The maximum absolute atomic E-state index is 12.7. The number of halogens is 1. The molecule has 3 unspecified atom stereocenters. The number of nitrogens with zero attached hydrogens (tertiary/aromatic N) is 4. The highest BCUT2D eigenvalue weighted by molar-refractivity contribution is 6.30. The largest absolute Gasteiger partial charge is 0.476 e. The fraction of sp³-hybridized carbons (Fsp3) is 0.364. The van der Waals surface area contributed by atoms with E-state index in [1.54, 1.807) is 18.5 Å². The van der Waals surface area contributed by atoms with Gasteiger partial charge in [-0.1, -0.05) is 48.9 Å². The summed E-state index contributed by atoms with van der Waals surface area (Å²) in [5.74, 6) is 0.972. The number of amides is 1. The number of pyridine rings is 1. The lowest BCUT2D eigenvalue weighted by Crippen LogP contribution is -2.46. The molecule has 3 heterocycles. The van der Waals surface area contributed by atoms with E-state index in [0.29, 0.717) is 41.6 Å². The molecular formula is C22H23ClN4O2. The molecule has 0 saturated carbocycles. The van der Waals surface area contributed by atoms with Crippen molar-refractivity contribution < 1.29 is 9.53 Å². The van der Waals surface area contributed by atoms with Gasteiger partial charge in [-0.15, -0.1) is 0 Å². The molecule has 0 aliphatic carbocycles. The summed E-state index contributed by atoms with van der Waals surface area (Å²) in [6.07, 6.45) is 3.73. The van der Waals surface area contributed by atoms with E-state index >= 15 is 0 Å². The zero-order chi connectivity index (χ0) is 20.4. The fourth-order valence-electron chi connectivity index (χ4n) is 3.80. The minimum absolute atomic E-state index is 0.0229. The number of ether oxygens (including phenoxy) is 1. The SMILES string of the molecule is CC1CC(=O)N(C(C)c2ccccc2)CC1COc1nc(Cl)cc2nccnc12. The summed E-state index contributed by atoms with van der Waals surface area (Å²) in [7, 11) is 0. The molecule has 4 rings (SSSR count). The molecule has 1 aliphatic rings. The maximum Gasteiger partial charge on any atom is 0.243 e. The molecule has 0 spiro atoms. The highest BCUT2D eigenvalue weighted by Crippen LogP contribution is 2.32. The Balaban J connectivity index is 1.51. The van der Waals surface area contributed by atoms with Gasteiger partial charge >= 0.3 is 0 Å². The van der Waals surface area contributed by atoms with Gasteiger partial charge in [0.1, 0.15) is 5.15 Å². The Kier molecular flexibility index (Phi) is 5.62. The van der Waals surface area contributed by atoms with Crippen LogP contribution in [0, 0.1) is 11.8 Å². The summed E-state index contributed by atoms with van der Waals surface area (Å²) < 4.78 is 6.04. The monoisotopic (exact) mass is 410 g/mol. The van der Waals surface area contributed by atoms with Crippen molar-refractivity contribution in [1.29, 1.82) is 0 Å². The highest BCUT2D eigenvalue weighted by atomic mass is 35.5. The normalized spacial score (nSPS) is 20.7. The average molecular weight is 411 g/mol. The fourth-order valence-corrected chi connectivity index (χ4v) is 3.98. The molecule has 150 valence electrons. The third-order valence-corrected chi connectivity index (χ3v) is 5.82. The summed E-state index contributed by atoms with van der Waals surface area (Å²) in [5.41, 5.74) is 2.37. The van der Waals surface area contributed by atoms with Crippen molar-refractivity contribution >= 4 is 28.5 Å². The van der Waals surface area contributed by atoms with Gasteiger partial charge in [0.25, 0.3) is 0 Å². The molecule has 0 radical (unpaired) electrons. The number of hydrogen-bond donors (Lipinski definition) is 0. The van der Waals surface area contributed by atoms with E-state index in [1.165, 1.54) is 0 Å². The van der Waals surface area contributed by atoms with E-state index in [2.05, 4.69) is 40.9 Å². The number of carbonyl (C=O) groups is 1. The first-order valence-electron chi connectivity index (χ1n) is 9.77. The van der Waals surface area contributed by atoms with Gasteiger partial charge in [-0.05, 0) is 18.4 Å². The molecule has 3 aromatic rings. The van der Waals surface area contributed by atoms with Gasteiger partial charge in [-0.25, -0.2) is 4.98 Å². The van der Waals surface area contributed by atoms with Crippen LogP contribution in [0.1, 0.15) is 31.9 Å². The molecule has 3 atom stereocenters. The number of aromatic nitrogens is 3. The number of likely N-dealkylation sites (tertiary alicyclic amines) is 1. The highest BCUT2D eigenvalue weighted by Gasteiger charge is 2.34. The molecule has 29 heavy (non-hydrogen) atoms. The van der Waals surface area contributed by atoms with Crippen LogP contribution in [0.25, 0.3) is 11.0 Å². The topological polar surface area (TPSA) is 68.2 Å². The van der Waals surface area contributed by atoms with Crippen molar-refractivity contribution in [2.75, 3.05) is 13.2 Å². The molecule has 1 fully saturated rings. The molecule has 1 amide bonds. The van der Waals surface area contributed by atoms with Crippen LogP contribution in [0.4, 0.5) is 0 Å². The van der Waals surface area contributed by atoms with Gasteiger partial charge in [-0.3, -0.25) is 9.78 Å². The first kappa shape index (κ1) is 19.6. The standard InChI is InChI=1S/C22H23ClN4O2/c1-14-10-20(28)27(15(2)16-6-4-3-5-7-16)12-17(14)13-29-22-21-18(11-19(23)26-22)24-8-9-25-21/h3-9,11,14-15,17H,10,12-13H2,1-2H3. The predicted molar refractivity (Wildman–Crippen MR) is 112 cm³/mol. The van der Waals surface area contributed by atoms with Gasteiger partial charge in [-0.2, -0.15) is 4.98 Å². The first-order chi connectivity index (χ1) is 14.0. The molecule has 7 heteroatoms. The quantitative estimate of drug-likeness (QED) is 0.586. The van der Waals surface area contributed by atoms with E-state index < -0.39 is 0 Å². The second kappa shape index (κ2) is 8.33. The van der Waals surface area contributed by atoms with Gasteiger partial charge in [0.15, 0.2) is 5.52 Å². The summed E-state index contributed by atoms with van der Waals surface area (Å²) in [6.45, 7) is 5.24. The number of piperidine rings is 1. The van der Waals surface area contributed by atoms with Crippen LogP contribution in [-0.4, -0.2) is 38.9 Å². The third-order valence-electron chi connectivity index (χ3n) is 5.63. The molecular weight excluding hydrogens is 388 g/mol. The van der Waals surface area contributed by atoms with Crippen LogP contribution in [0.2, 0.25) is 5.15 Å². The van der Waals surface area contributed by atoms with E-state index in [4.69, 9.17) is 16.3 Å². The number of benzene rings is 1. The lowest BCUT2D eigenvalue weighted by Gasteiger charge is -2.40. The molecule has 0 bridgehead atoms. The van der Waals surface area contributed by atoms with E-state index in [-0.39, 0.29) is 23.8 Å². The summed E-state index contributed by atoms with van der Waals surface area (Å²) in [4.78, 5) is 27.5. The second-order valence-electron chi connectivity index (χ2n) is 7.56. The smallest absolute Gasteiger partial charge is 0.243 e. The Bertz CT molecular complexity index is 1010. The van der Waals surface area contributed by atoms with Crippen molar-refractivity contribution in [3.05, 3.63) is 59.5 Å². The van der Waals surface area contributed by atoms with Crippen LogP contribution in [-0.2, 0) is 4.79 Å². The maximum atomic E-state index is 12.7. The number of hydrogen-bond acceptors (Lipinski definition) is 5. The van der Waals surface area contributed by atoms with Gasteiger partial charge in [0.05, 0.1) is 18.2 Å². The van der Waals surface area contributed by atoms with Crippen LogP contribution in [0.15, 0.2) is 48.8 Å². The minimum atomic E-state index is 0.0229. The van der Waals surface area contributed by atoms with Gasteiger partial charge in [0.2, 0.25) is 11.8 Å². The summed E-state index contributed by atoms with van der Waals surface area (Å²) in [5, 5.41) is 0.319. The zero-order valence-corrected chi connectivity index (χ0v) is 17.2. The Morgan fingerprint density at radius 2 is 2.00 bits per heavy atom. The van der Waals surface area contributed by atoms with Crippen LogP contribution in [0.3, 0.4) is 0 Å². The lowest BCUT2D eigenvalue weighted by atomic mass is 9.86. The van der Waals surface area contributed by atoms with Crippen molar-refractivity contribution in [3.63, 3.8) is 0 Å². The van der Waals surface area contributed by atoms with Crippen molar-refractivity contribution in [2.45, 2.75) is 26.3 Å². The van der Waals surface area contributed by atoms with Crippen LogP contribution >= 0.6 is 11.6 Å². The molecule has 0 N–H and O–H groups in total. The van der Waals surface area contributed by atoms with Crippen molar-refractivity contribution in [3.8, 4) is 5.88 Å². The van der Waals surface area contributed by atoms with Crippen LogP contribution < -0.4 is 4.74 Å². The van der Waals surface area contributed by atoms with Crippen molar-refractivity contribution in [2.24, 2.45) is 11.8 Å². The lowest BCUT2D eigenvalue weighted by molar-refractivity contribution is -0.140. The second-order valence-corrected chi connectivity index (χ2v) is 7.95. The molecule has 1 saturated heterocycles. The first-order valence-corrected chi connectivity index (χ1v) is 10.1. The van der Waals surface area contributed by atoms with E-state index in [9.17, 15) is 4.79 Å². The van der Waals surface area contributed by atoms with Crippen LogP contribution in [0.5, 0.6) is 5.88 Å². The summed E-state index contributed by atoms with van der Waals surface area (Å²) in [6, 6.07) is 11.8. The van der Waals surface area contributed by atoms with E-state index in [1.807, 2.05) is 23.1 Å². The molecule has 1 aliphatic heterocycles. The average Bonchev–Trinajstić information content (AvgIpc) is 2.73. The summed E-state index contributed by atoms with van der Waals surface area (Å²) >= 11 is 6.11. The number of rotatable bonds is 5. The number of carbonyl (C=O) groups excluding carboxylic acids is 1. The van der Waals surface area contributed by atoms with Gasteiger partial charge in [0, 0.05) is 37.3 Å². The Morgan fingerprint density at radius 1 is 1.24 bits per heavy atom. The molecule has 2 aromatic heterocycles.